The Labute approximate surface area is 126 Å². The van der Waals surface area contributed by atoms with E-state index in [-0.39, 0.29) is 0 Å². The fraction of sp³-hybridized carbons (Fsp3) is 0.267. The van der Waals surface area contributed by atoms with Crippen molar-refractivity contribution in [1.29, 1.82) is 0 Å². The monoisotopic (exact) mass is 337 g/mol. The van der Waals surface area contributed by atoms with Crippen LogP contribution in [0.1, 0.15) is 22.9 Å². The molecule has 20 heavy (non-hydrogen) atoms. The van der Waals surface area contributed by atoms with Gasteiger partial charge in [-0.05, 0) is 46.6 Å². The zero-order chi connectivity index (χ0) is 14.7. The molecule has 0 radical (unpaired) electrons. The van der Waals surface area contributed by atoms with E-state index in [2.05, 4.69) is 20.9 Å². The van der Waals surface area contributed by atoms with E-state index in [1.54, 1.807) is 32.5 Å². The summed E-state index contributed by atoms with van der Waals surface area (Å²) in [7, 11) is 3.14. The van der Waals surface area contributed by atoms with Gasteiger partial charge in [0.25, 0.3) is 0 Å². The van der Waals surface area contributed by atoms with Crippen LogP contribution in [-0.2, 0) is 0 Å². The van der Waals surface area contributed by atoms with Crippen molar-refractivity contribution < 1.29 is 14.6 Å². The van der Waals surface area contributed by atoms with Crippen molar-refractivity contribution in [1.82, 2.24) is 4.98 Å². The minimum atomic E-state index is -0.853. The minimum absolute atomic E-state index is 0.543. The van der Waals surface area contributed by atoms with Crippen LogP contribution in [0, 0.1) is 6.92 Å². The first kappa shape index (κ1) is 14.8. The van der Waals surface area contributed by atoms with Gasteiger partial charge in [0.05, 0.1) is 19.9 Å². The van der Waals surface area contributed by atoms with Crippen molar-refractivity contribution in [2.24, 2.45) is 0 Å². The highest BCUT2D eigenvalue weighted by molar-refractivity contribution is 9.10. The lowest BCUT2D eigenvalue weighted by molar-refractivity contribution is 0.208. The van der Waals surface area contributed by atoms with Gasteiger partial charge in [-0.2, -0.15) is 0 Å². The normalized spacial score (nSPS) is 12.1. The third kappa shape index (κ3) is 2.64. The summed E-state index contributed by atoms with van der Waals surface area (Å²) in [6.45, 7) is 1.91. The molecule has 4 nitrogen and oxygen atoms in total. The van der Waals surface area contributed by atoms with Gasteiger partial charge in [0.15, 0.2) is 0 Å². The second-order valence-corrected chi connectivity index (χ2v) is 5.11. The van der Waals surface area contributed by atoms with E-state index in [1.165, 1.54) is 0 Å². The lowest BCUT2D eigenvalue weighted by atomic mass is 10.0. The van der Waals surface area contributed by atoms with Gasteiger partial charge < -0.3 is 14.6 Å². The van der Waals surface area contributed by atoms with Crippen LogP contribution in [0.15, 0.2) is 34.9 Å². The van der Waals surface area contributed by atoms with Gasteiger partial charge in [-0.1, -0.05) is 6.07 Å². The number of aliphatic hydroxyl groups is 1. The first-order chi connectivity index (χ1) is 9.60. The highest BCUT2D eigenvalue weighted by Crippen LogP contribution is 2.41. The third-order valence-electron chi connectivity index (χ3n) is 3.12. The topological polar surface area (TPSA) is 51.6 Å². The van der Waals surface area contributed by atoms with E-state index < -0.39 is 6.10 Å². The van der Waals surface area contributed by atoms with Crippen molar-refractivity contribution in [2.45, 2.75) is 13.0 Å². The summed E-state index contributed by atoms with van der Waals surface area (Å²) in [5.41, 5.74) is 2.18. The smallest absolute Gasteiger partial charge is 0.143 e. The maximum atomic E-state index is 10.6. The standard InChI is InChI=1S/C15H16BrNO3/c1-9-5-4-8-17-13(9)14(18)10-6-7-11(19-2)12(16)15(10)20-3/h4-8,14,18H,1-3H3. The Morgan fingerprint density at radius 3 is 2.55 bits per heavy atom. The Morgan fingerprint density at radius 1 is 1.20 bits per heavy atom. The van der Waals surface area contributed by atoms with Crippen LogP contribution in [0.4, 0.5) is 0 Å². The Bertz CT molecular complexity index is 616. The number of aliphatic hydroxyl groups excluding tert-OH is 1. The number of ether oxygens (including phenoxy) is 2. The number of hydrogen-bond acceptors (Lipinski definition) is 4. The number of hydrogen-bond donors (Lipinski definition) is 1. The molecule has 0 amide bonds. The molecule has 1 heterocycles. The van der Waals surface area contributed by atoms with Gasteiger partial charge in [-0.25, -0.2) is 0 Å². The Morgan fingerprint density at radius 2 is 1.95 bits per heavy atom. The van der Waals surface area contributed by atoms with Gasteiger partial charge in [-0.15, -0.1) is 0 Å². The Balaban J connectivity index is 2.53. The summed E-state index contributed by atoms with van der Waals surface area (Å²) < 4.78 is 11.3. The van der Waals surface area contributed by atoms with Crippen molar-refractivity contribution in [3.63, 3.8) is 0 Å². The van der Waals surface area contributed by atoms with Gasteiger partial charge in [0.1, 0.15) is 22.1 Å². The molecule has 2 aromatic rings. The SMILES string of the molecule is COc1ccc(C(O)c2ncccc2C)c(OC)c1Br. The maximum Gasteiger partial charge on any atom is 0.143 e. The second kappa shape index (κ2) is 6.24. The lowest BCUT2D eigenvalue weighted by Gasteiger charge is -2.18. The Hall–Kier alpha value is -1.59. The average molecular weight is 338 g/mol. The number of rotatable bonds is 4. The molecule has 0 aliphatic rings. The second-order valence-electron chi connectivity index (χ2n) is 4.31. The van der Waals surface area contributed by atoms with E-state index in [1.807, 2.05) is 19.1 Å². The average Bonchev–Trinajstić information content (AvgIpc) is 2.46. The predicted octanol–water partition coefficient (Wildman–Crippen LogP) is 3.25. The molecule has 1 unspecified atom stereocenters. The van der Waals surface area contributed by atoms with Crippen molar-refractivity contribution in [3.8, 4) is 11.5 Å². The molecule has 1 atom stereocenters. The molecule has 0 aliphatic heterocycles. The quantitative estimate of drug-likeness (QED) is 0.930. The first-order valence-corrected chi connectivity index (χ1v) is 6.89. The van der Waals surface area contributed by atoms with Crippen molar-refractivity contribution >= 4 is 15.9 Å². The van der Waals surface area contributed by atoms with Crippen molar-refractivity contribution in [3.05, 3.63) is 51.8 Å². The highest BCUT2D eigenvalue weighted by Gasteiger charge is 2.22. The summed E-state index contributed by atoms with van der Waals surface area (Å²) in [5, 5.41) is 10.6. The third-order valence-corrected chi connectivity index (χ3v) is 3.87. The molecule has 0 aliphatic carbocycles. The summed E-state index contributed by atoms with van der Waals surface area (Å²) in [6, 6.07) is 7.31. The first-order valence-electron chi connectivity index (χ1n) is 6.10. The number of benzene rings is 1. The van der Waals surface area contributed by atoms with Crippen LogP contribution in [-0.4, -0.2) is 24.3 Å². The largest absolute Gasteiger partial charge is 0.495 e. The zero-order valence-electron chi connectivity index (χ0n) is 11.6. The number of nitrogens with zero attached hydrogens (tertiary/aromatic N) is 1. The summed E-state index contributed by atoms with van der Waals surface area (Å²) >= 11 is 3.43. The number of halogens is 1. The number of aryl methyl sites for hydroxylation is 1. The molecule has 0 saturated heterocycles. The molecule has 1 aromatic carbocycles. The predicted molar refractivity (Wildman–Crippen MR) is 80.3 cm³/mol. The molecule has 0 spiro atoms. The lowest BCUT2D eigenvalue weighted by Crippen LogP contribution is -2.07. The van der Waals surface area contributed by atoms with E-state index >= 15 is 0 Å². The zero-order valence-corrected chi connectivity index (χ0v) is 13.1. The Kier molecular flexibility index (Phi) is 4.62. The maximum absolute atomic E-state index is 10.6. The molecule has 2 rings (SSSR count). The fourth-order valence-electron chi connectivity index (χ4n) is 2.06. The van der Waals surface area contributed by atoms with E-state index in [0.717, 1.165) is 5.56 Å². The van der Waals surface area contributed by atoms with Crippen LogP contribution in [0.2, 0.25) is 0 Å². The summed E-state index contributed by atoms with van der Waals surface area (Å²) in [6.07, 6.45) is 0.810. The molecule has 0 saturated carbocycles. The summed E-state index contributed by atoms with van der Waals surface area (Å²) in [4.78, 5) is 4.25. The van der Waals surface area contributed by atoms with Gasteiger partial charge in [0.2, 0.25) is 0 Å². The molecule has 0 fully saturated rings. The van der Waals surface area contributed by atoms with E-state index in [0.29, 0.717) is 27.2 Å². The van der Waals surface area contributed by atoms with Crippen LogP contribution >= 0.6 is 15.9 Å². The highest BCUT2D eigenvalue weighted by atomic mass is 79.9. The minimum Gasteiger partial charge on any atom is -0.495 e. The molecule has 1 N–H and O–H groups in total. The van der Waals surface area contributed by atoms with Crippen molar-refractivity contribution in [2.75, 3.05) is 14.2 Å². The van der Waals surface area contributed by atoms with E-state index in [9.17, 15) is 5.11 Å². The van der Waals surface area contributed by atoms with Crippen LogP contribution in [0.25, 0.3) is 0 Å². The number of aromatic nitrogens is 1. The van der Waals surface area contributed by atoms with Crippen LogP contribution in [0.3, 0.4) is 0 Å². The fourth-order valence-corrected chi connectivity index (χ4v) is 2.75. The molecule has 0 bridgehead atoms. The molecule has 5 heteroatoms. The summed E-state index contributed by atoms with van der Waals surface area (Å²) in [5.74, 6) is 1.19. The van der Waals surface area contributed by atoms with Gasteiger partial charge in [0, 0.05) is 11.8 Å². The molecule has 106 valence electrons. The van der Waals surface area contributed by atoms with Crippen LogP contribution in [0.5, 0.6) is 11.5 Å². The molecular formula is C15H16BrNO3. The molecule has 1 aromatic heterocycles. The van der Waals surface area contributed by atoms with Gasteiger partial charge in [-0.3, -0.25) is 4.98 Å². The number of methoxy groups -OCH3 is 2. The molecular weight excluding hydrogens is 322 g/mol. The van der Waals surface area contributed by atoms with Crippen LogP contribution < -0.4 is 9.47 Å². The van der Waals surface area contributed by atoms with E-state index in [4.69, 9.17) is 9.47 Å². The number of pyridine rings is 1. The van der Waals surface area contributed by atoms with Gasteiger partial charge >= 0.3 is 0 Å².